The van der Waals surface area contributed by atoms with Crippen LogP contribution in [0, 0.1) is 0 Å². The van der Waals surface area contributed by atoms with E-state index in [2.05, 4.69) is 39.8 Å². The fourth-order valence-corrected chi connectivity index (χ4v) is 4.21. The third kappa shape index (κ3) is 9.02. The number of anilines is 3. The van der Waals surface area contributed by atoms with E-state index in [1.807, 2.05) is 55.8 Å². The lowest BCUT2D eigenvalue weighted by molar-refractivity contribution is 0.112. The van der Waals surface area contributed by atoms with Crippen LogP contribution in [0.25, 0.3) is 11.3 Å². The summed E-state index contributed by atoms with van der Waals surface area (Å²) in [7, 11) is 7.24. The van der Waals surface area contributed by atoms with E-state index >= 15 is 0 Å². The summed E-state index contributed by atoms with van der Waals surface area (Å²) in [5.41, 5.74) is 7.86. The Morgan fingerprint density at radius 3 is 2.42 bits per heavy atom. The van der Waals surface area contributed by atoms with Crippen molar-refractivity contribution in [3.63, 3.8) is 0 Å². The molecule has 0 amide bonds. The third-order valence-electron chi connectivity index (χ3n) is 5.20. The van der Waals surface area contributed by atoms with Gasteiger partial charge in [0.15, 0.2) is 6.29 Å². The maximum Gasteiger partial charge on any atom is 0.215 e. The molecule has 0 fully saturated rings. The number of hydrogen-bond acceptors (Lipinski definition) is 10. The molecule has 3 aromatic rings. The summed E-state index contributed by atoms with van der Waals surface area (Å²) in [4.78, 5) is 18.7. The number of nitrogens with one attached hydrogen (secondary N) is 2. The second kappa shape index (κ2) is 15.3. The summed E-state index contributed by atoms with van der Waals surface area (Å²) in [5, 5.41) is 8.23. The van der Waals surface area contributed by atoms with Crippen LogP contribution in [0.4, 0.5) is 17.2 Å². The normalized spacial score (nSPS) is 11.1. The van der Waals surface area contributed by atoms with Crippen molar-refractivity contribution < 1.29 is 14.3 Å². The van der Waals surface area contributed by atoms with Gasteiger partial charge in [-0.2, -0.15) is 5.10 Å². The minimum Gasteiger partial charge on any atom is -0.475 e. The number of carbonyl (C=O) groups excluding carboxylic acids is 1. The van der Waals surface area contributed by atoms with Gasteiger partial charge in [0.2, 0.25) is 5.88 Å². The molecular formula is C27H41N7O3S. The second-order valence-electron chi connectivity index (χ2n) is 9.49. The van der Waals surface area contributed by atoms with E-state index < -0.39 is 0 Å². The zero-order chi connectivity index (χ0) is 28.1. The first-order chi connectivity index (χ1) is 18.2. The average Bonchev–Trinajstić information content (AvgIpc) is 3.27. The van der Waals surface area contributed by atoms with Gasteiger partial charge in [-0.05, 0) is 60.1 Å². The molecule has 11 heteroatoms. The monoisotopic (exact) mass is 543 g/mol. The van der Waals surface area contributed by atoms with Crippen molar-refractivity contribution in [3.8, 4) is 17.1 Å². The number of hydrogen-bond donors (Lipinski definition) is 3. The van der Waals surface area contributed by atoms with Gasteiger partial charge in [-0.15, -0.1) is 0 Å². The standard InChI is InChI=1S/C26H36N6O3S.CH5N/c1-26(2,3)32-25(28-21-11-12-27-23(17-21)35-15-14-34-6)22(18-33)24(29-32)19-7-9-20(10-8-19)30-36-16-13-31(4)5;1-2/h7-12,17-18,30H,13-16H2,1-6H3,(H,27,28);2H2,1H3. The molecule has 0 radical (unpaired) electrons. The number of carbonyl (C=O) groups is 1. The molecule has 208 valence electrons. The van der Waals surface area contributed by atoms with Crippen LogP contribution in [0.3, 0.4) is 0 Å². The summed E-state index contributed by atoms with van der Waals surface area (Å²) in [6.45, 7) is 8.01. The first kappa shape index (κ1) is 31.1. The van der Waals surface area contributed by atoms with E-state index in [4.69, 9.17) is 14.6 Å². The van der Waals surface area contributed by atoms with Crippen LogP contribution < -0.4 is 20.5 Å². The fourth-order valence-electron chi connectivity index (χ4n) is 3.35. The average molecular weight is 544 g/mol. The lowest BCUT2D eigenvalue weighted by Gasteiger charge is -2.23. The molecule has 4 N–H and O–H groups in total. The molecule has 0 bridgehead atoms. The Morgan fingerprint density at radius 2 is 1.82 bits per heavy atom. The van der Waals surface area contributed by atoms with Crippen LogP contribution >= 0.6 is 11.9 Å². The number of aldehydes is 1. The number of methoxy groups -OCH3 is 1. The van der Waals surface area contributed by atoms with Gasteiger partial charge in [0.1, 0.15) is 18.1 Å². The van der Waals surface area contributed by atoms with Crippen molar-refractivity contribution >= 4 is 35.4 Å². The topological polar surface area (TPSA) is 120 Å². The molecule has 2 heterocycles. The quantitative estimate of drug-likeness (QED) is 0.162. The molecule has 0 aliphatic rings. The highest BCUT2D eigenvalue weighted by Gasteiger charge is 2.26. The smallest absolute Gasteiger partial charge is 0.215 e. The Balaban J connectivity index is 0.00000247. The molecule has 38 heavy (non-hydrogen) atoms. The fraction of sp³-hybridized carbons (Fsp3) is 0.444. The highest BCUT2D eigenvalue weighted by molar-refractivity contribution is 8.00. The van der Waals surface area contributed by atoms with Crippen LogP contribution in [-0.4, -0.2) is 79.7 Å². The minimum atomic E-state index is -0.367. The van der Waals surface area contributed by atoms with E-state index in [-0.39, 0.29) is 5.54 Å². The van der Waals surface area contributed by atoms with E-state index in [1.165, 1.54) is 7.05 Å². The van der Waals surface area contributed by atoms with Gasteiger partial charge in [0, 0.05) is 48.6 Å². The van der Waals surface area contributed by atoms with Crippen molar-refractivity contribution in [1.29, 1.82) is 0 Å². The minimum absolute atomic E-state index is 0.367. The summed E-state index contributed by atoms with van der Waals surface area (Å²) >= 11 is 1.66. The lowest BCUT2D eigenvalue weighted by atomic mass is 10.1. The molecule has 0 saturated heterocycles. The molecule has 1 aromatic carbocycles. The number of aromatic nitrogens is 3. The third-order valence-corrected chi connectivity index (χ3v) is 5.97. The predicted octanol–water partition coefficient (Wildman–Crippen LogP) is 4.48. The molecule has 0 aliphatic heterocycles. The number of nitrogens with zero attached hydrogens (tertiary/aromatic N) is 4. The molecule has 2 aromatic heterocycles. The highest BCUT2D eigenvalue weighted by atomic mass is 32.2. The molecule has 0 spiro atoms. The van der Waals surface area contributed by atoms with Crippen molar-refractivity contribution in [2.75, 3.05) is 63.8 Å². The van der Waals surface area contributed by atoms with Gasteiger partial charge >= 0.3 is 0 Å². The molecule has 0 atom stereocenters. The molecule has 0 aliphatic carbocycles. The van der Waals surface area contributed by atoms with Crippen LogP contribution in [-0.2, 0) is 10.3 Å². The van der Waals surface area contributed by atoms with Crippen molar-refractivity contribution in [1.82, 2.24) is 19.7 Å². The van der Waals surface area contributed by atoms with E-state index in [1.54, 1.807) is 31.3 Å². The van der Waals surface area contributed by atoms with Gasteiger partial charge in [0.05, 0.1) is 17.7 Å². The Morgan fingerprint density at radius 1 is 1.11 bits per heavy atom. The zero-order valence-corrected chi connectivity index (χ0v) is 24.3. The zero-order valence-electron chi connectivity index (χ0n) is 23.4. The molecule has 3 rings (SSSR count). The molecule has 0 saturated carbocycles. The van der Waals surface area contributed by atoms with Crippen LogP contribution in [0.2, 0.25) is 0 Å². The summed E-state index contributed by atoms with van der Waals surface area (Å²) in [5.74, 6) is 2.06. The van der Waals surface area contributed by atoms with E-state index in [0.29, 0.717) is 36.2 Å². The van der Waals surface area contributed by atoms with Crippen molar-refractivity contribution in [2.24, 2.45) is 5.73 Å². The van der Waals surface area contributed by atoms with Gasteiger partial charge in [-0.3, -0.25) is 4.79 Å². The van der Waals surface area contributed by atoms with Crippen LogP contribution in [0.5, 0.6) is 5.88 Å². The SMILES string of the molecule is CN.COCCOc1cc(Nc2c(C=O)c(-c3ccc(NSCCN(C)C)cc3)nn2C(C)(C)C)ccn1. The maximum atomic E-state index is 12.3. The van der Waals surface area contributed by atoms with Crippen molar-refractivity contribution in [2.45, 2.75) is 26.3 Å². The van der Waals surface area contributed by atoms with Gasteiger partial charge < -0.3 is 30.1 Å². The number of pyridine rings is 1. The van der Waals surface area contributed by atoms with Crippen molar-refractivity contribution in [3.05, 3.63) is 48.2 Å². The van der Waals surface area contributed by atoms with Crippen LogP contribution in [0.15, 0.2) is 42.6 Å². The summed E-state index contributed by atoms with van der Waals surface area (Å²) < 4.78 is 15.9. The second-order valence-corrected chi connectivity index (χ2v) is 10.4. The summed E-state index contributed by atoms with van der Waals surface area (Å²) in [6, 6.07) is 11.6. The molecule has 10 nitrogen and oxygen atoms in total. The number of benzene rings is 1. The predicted molar refractivity (Wildman–Crippen MR) is 158 cm³/mol. The number of ether oxygens (including phenoxy) is 2. The largest absolute Gasteiger partial charge is 0.475 e. The Kier molecular flexibility index (Phi) is 12.5. The molecular weight excluding hydrogens is 502 g/mol. The van der Waals surface area contributed by atoms with E-state index in [9.17, 15) is 4.79 Å². The highest BCUT2D eigenvalue weighted by Crippen LogP contribution is 2.34. The Bertz CT molecular complexity index is 1130. The maximum absolute atomic E-state index is 12.3. The number of nitrogens with two attached hydrogens (primary N) is 1. The first-order valence-corrected chi connectivity index (χ1v) is 13.4. The van der Waals surface area contributed by atoms with Gasteiger partial charge in [0.25, 0.3) is 0 Å². The molecule has 0 unspecified atom stereocenters. The Hall–Kier alpha value is -3.12. The van der Waals surface area contributed by atoms with Gasteiger partial charge in [-0.1, -0.05) is 24.1 Å². The summed E-state index contributed by atoms with van der Waals surface area (Å²) in [6.07, 6.45) is 2.51. The van der Waals surface area contributed by atoms with E-state index in [0.717, 1.165) is 35.5 Å². The van der Waals surface area contributed by atoms with Gasteiger partial charge in [-0.25, -0.2) is 9.67 Å². The number of rotatable bonds is 13. The Labute approximate surface area is 230 Å². The first-order valence-electron chi connectivity index (χ1n) is 12.4. The van der Waals surface area contributed by atoms with Crippen LogP contribution in [0.1, 0.15) is 31.1 Å². The lowest BCUT2D eigenvalue weighted by Crippen LogP contribution is -2.24.